The smallest absolute Gasteiger partial charge is 0.407 e. The molecule has 154 valence electrons. The highest BCUT2D eigenvalue weighted by Gasteiger charge is 2.29. The Balaban J connectivity index is 2.61. The first-order valence-corrected chi connectivity index (χ1v) is 10.0. The van der Waals surface area contributed by atoms with Gasteiger partial charge >= 0.3 is 6.09 Å². The van der Waals surface area contributed by atoms with Crippen molar-refractivity contribution in [2.45, 2.75) is 90.4 Å². The minimum Gasteiger partial charge on any atom is -0.444 e. The lowest BCUT2D eigenvalue weighted by atomic mass is 9.83. The summed E-state index contributed by atoms with van der Waals surface area (Å²) >= 11 is 0. The van der Waals surface area contributed by atoms with E-state index in [1.54, 1.807) is 7.11 Å². The first-order valence-electron chi connectivity index (χ1n) is 10.0. The van der Waals surface area contributed by atoms with Crippen LogP contribution in [0.3, 0.4) is 0 Å². The van der Waals surface area contributed by atoms with Gasteiger partial charge in [0.2, 0.25) is 0 Å². The van der Waals surface area contributed by atoms with Crippen molar-refractivity contribution in [2.24, 2.45) is 5.92 Å². The summed E-state index contributed by atoms with van der Waals surface area (Å²) in [5, 5.41) is 3.06. The number of ether oxygens (including phenoxy) is 4. The van der Waals surface area contributed by atoms with Crippen molar-refractivity contribution in [1.29, 1.82) is 0 Å². The van der Waals surface area contributed by atoms with Crippen LogP contribution in [0.1, 0.15) is 72.6 Å². The van der Waals surface area contributed by atoms with Gasteiger partial charge in [-0.05, 0) is 39.5 Å². The Bertz CT molecular complexity index is 377. The van der Waals surface area contributed by atoms with Gasteiger partial charge in [-0.1, -0.05) is 39.0 Å². The lowest BCUT2D eigenvalue weighted by Gasteiger charge is -2.32. The second-order valence-corrected chi connectivity index (χ2v) is 8.12. The number of amides is 1. The van der Waals surface area contributed by atoms with E-state index in [4.69, 9.17) is 18.9 Å². The van der Waals surface area contributed by atoms with Gasteiger partial charge in [-0.3, -0.25) is 0 Å². The maximum Gasteiger partial charge on any atom is 0.407 e. The third-order valence-corrected chi connectivity index (χ3v) is 4.66. The number of nitrogens with one attached hydrogen (secondary N) is 1. The molecule has 1 fully saturated rings. The standard InChI is InChI=1S/C20H39NO5/c1-6-18(25-15-24-13-12-23-5)17(14-16-10-8-7-9-11-16)21-19(22)26-20(2,3)4/h16-18H,6-15H2,1-5H3,(H,21,22). The van der Waals surface area contributed by atoms with Gasteiger partial charge in [0.05, 0.1) is 25.4 Å². The second-order valence-electron chi connectivity index (χ2n) is 8.12. The van der Waals surface area contributed by atoms with E-state index in [0.717, 1.165) is 12.8 Å². The average Bonchev–Trinajstić information content (AvgIpc) is 2.57. The van der Waals surface area contributed by atoms with Gasteiger partial charge in [-0.2, -0.15) is 0 Å². The summed E-state index contributed by atoms with van der Waals surface area (Å²) in [6.07, 6.45) is 7.61. The molecule has 1 N–H and O–H groups in total. The molecule has 1 amide bonds. The van der Waals surface area contributed by atoms with Gasteiger partial charge in [-0.15, -0.1) is 0 Å². The Labute approximate surface area is 159 Å². The van der Waals surface area contributed by atoms with Crippen LogP contribution in [-0.2, 0) is 18.9 Å². The molecule has 1 aliphatic carbocycles. The predicted octanol–water partition coefficient (Wildman–Crippen LogP) is 4.27. The summed E-state index contributed by atoms with van der Waals surface area (Å²) < 4.78 is 21.8. The maximum atomic E-state index is 12.3. The average molecular weight is 374 g/mol. The number of rotatable bonds is 11. The Morgan fingerprint density at radius 3 is 2.42 bits per heavy atom. The highest BCUT2D eigenvalue weighted by atomic mass is 16.7. The van der Waals surface area contributed by atoms with Crippen molar-refractivity contribution >= 4 is 6.09 Å². The zero-order chi connectivity index (χ0) is 19.4. The molecule has 0 bridgehead atoms. The fourth-order valence-electron chi connectivity index (χ4n) is 3.40. The lowest BCUT2D eigenvalue weighted by Crippen LogP contribution is -2.47. The van der Waals surface area contributed by atoms with Crippen LogP contribution in [-0.4, -0.2) is 51.0 Å². The summed E-state index contributed by atoms with van der Waals surface area (Å²) in [4.78, 5) is 12.3. The second kappa shape index (κ2) is 12.5. The summed E-state index contributed by atoms with van der Waals surface area (Å²) in [7, 11) is 1.64. The molecule has 0 aromatic carbocycles. The molecule has 0 aromatic rings. The molecule has 0 aliphatic heterocycles. The molecule has 2 unspecified atom stereocenters. The van der Waals surface area contributed by atoms with Crippen molar-refractivity contribution in [3.8, 4) is 0 Å². The van der Waals surface area contributed by atoms with E-state index >= 15 is 0 Å². The Kier molecular flexibility index (Phi) is 11.2. The number of hydrogen-bond acceptors (Lipinski definition) is 5. The van der Waals surface area contributed by atoms with Crippen LogP contribution in [0.25, 0.3) is 0 Å². The normalized spacial score (nSPS) is 18.3. The van der Waals surface area contributed by atoms with Crippen LogP contribution in [0.2, 0.25) is 0 Å². The first kappa shape index (κ1) is 23.2. The van der Waals surface area contributed by atoms with Crippen molar-refractivity contribution in [2.75, 3.05) is 27.1 Å². The van der Waals surface area contributed by atoms with Crippen molar-refractivity contribution in [1.82, 2.24) is 5.32 Å². The number of carbonyl (C=O) groups is 1. The van der Waals surface area contributed by atoms with E-state index < -0.39 is 5.60 Å². The molecular weight excluding hydrogens is 334 g/mol. The SMILES string of the molecule is CCC(OCOCCOC)C(CC1CCCCC1)NC(=O)OC(C)(C)C. The van der Waals surface area contributed by atoms with E-state index in [-0.39, 0.29) is 25.0 Å². The van der Waals surface area contributed by atoms with Crippen molar-refractivity contribution in [3.63, 3.8) is 0 Å². The Morgan fingerprint density at radius 1 is 1.15 bits per heavy atom. The summed E-state index contributed by atoms with van der Waals surface area (Å²) in [5.74, 6) is 0.635. The largest absolute Gasteiger partial charge is 0.444 e. The number of carbonyl (C=O) groups excluding carboxylic acids is 1. The molecule has 2 atom stereocenters. The van der Waals surface area contributed by atoms with Crippen LogP contribution in [0.5, 0.6) is 0 Å². The minimum atomic E-state index is -0.509. The van der Waals surface area contributed by atoms with Gasteiger partial charge in [0.1, 0.15) is 12.4 Å². The minimum absolute atomic E-state index is 0.0658. The van der Waals surface area contributed by atoms with Crippen LogP contribution >= 0.6 is 0 Å². The van der Waals surface area contributed by atoms with E-state index in [0.29, 0.717) is 19.1 Å². The zero-order valence-corrected chi connectivity index (χ0v) is 17.3. The van der Waals surface area contributed by atoms with Gasteiger partial charge in [0, 0.05) is 7.11 Å². The van der Waals surface area contributed by atoms with E-state index in [2.05, 4.69) is 12.2 Å². The maximum absolute atomic E-state index is 12.3. The lowest BCUT2D eigenvalue weighted by molar-refractivity contribution is -0.109. The molecule has 0 radical (unpaired) electrons. The van der Waals surface area contributed by atoms with Crippen LogP contribution in [0, 0.1) is 5.92 Å². The quantitative estimate of drug-likeness (QED) is 0.433. The van der Waals surface area contributed by atoms with E-state index in [1.165, 1.54) is 32.1 Å². The molecule has 0 heterocycles. The Morgan fingerprint density at radius 2 is 1.85 bits per heavy atom. The van der Waals surface area contributed by atoms with Gasteiger partial charge in [0.25, 0.3) is 0 Å². The highest BCUT2D eigenvalue weighted by Crippen LogP contribution is 2.29. The summed E-state index contributed by atoms with van der Waals surface area (Å²) in [5.41, 5.74) is -0.509. The fourth-order valence-corrected chi connectivity index (χ4v) is 3.40. The van der Waals surface area contributed by atoms with Gasteiger partial charge < -0.3 is 24.3 Å². The topological polar surface area (TPSA) is 66.0 Å². The Hall–Kier alpha value is -0.850. The molecular formula is C20H39NO5. The molecule has 1 aliphatic rings. The number of methoxy groups -OCH3 is 1. The van der Waals surface area contributed by atoms with Crippen LogP contribution in [0.15, 0.2) is 0 Å². The molecule has 0 aromatic heterocycles. The highest BCUT2D eigenvalue weighted by molar-refractivity contribution is 5.68. The molecule has 6 nitrogen and oxygen atoms in total. The monoisotopic (exact) mass is 373 g/mol. The summed E-state index contributed by atoms with van der Waals surface area (Å²) in [6, 6.07) is -0.0658. The van der Waals surface area contributed by atoms with E-state index in [9.17, 15) is 4.79 Å². The zero-order valence-electron chi connectivity index (χ0n) is 17.3. The van der Waals surface area contributed by atoms with Crippen molar-refractivity contribution < 1.29 is 23.7 Å². The predicted molar refractivity (Wildman–Crippen MR) is 102 cm³/mol. The molecule has 0 spiro atoms. The van der Waals surface area contributed by atoms with Gasteiger partial charge in [-0.25, -0.2) is 4.79 Å². The molecule has 26 heavy (non-hydrogen) atoms. The molecule has 1 rings (SSSR count). The molecule has 1 saturated carbocycles. The summed E-state index contributed by atoms with van der Waals surface area (Å²) in [6.45, 7) is 8.95. The van der Waals surface area contributed by atoms with E-state index in [1.807, 2.05) is 20.8 Å². The van der Waals surface area contributed by atoms with Gasteiger partial charge in [0.15, 0.2) is 0 Å². The third-order valence-electron chi connectivity index (χ3n) is 4.66. The van der Waals surface area contributed by atoms with Crippen LogP contribution < -0.4 is 5.32 Å². The molecule has 6 heteroatoms. The van der Waals surface area contributed by atoms with Crippen LogP contribution in [0.4, 0.5) is 4.79 Å². The first-order chi connectivity index (χ1) is 12.4. The molecule has 0 saturated heterocycles. The third kappa shape index (κ3) is 10.3. The number of alkyl carbamates (subject to hydrolysis) is 1. The van der Waals surface area contributed by atoms with Crippen molar-refractivity contribution in [3.05, 3.63) is 0 Å². The number of hydrogen-bond donors (Lipinski definition) is 1. The fraction of sp³-hybridized carbons (Fsp3) is 0.950.